The van der Waals surface area contributed by atoms with Gasteiger partial charge in [-0.05, 0) is 51.5 Å². The monoisotopic (exact) mass is 547 g/mol. The zero-order chi connectivity index (χ0) is 27.9. The summed E-state index contributed by atoms with van der Waals surface area (Å²) in [5, 5.41) is 5.34. The lowest BCUT2D eigenvalue weighted by atomic mass is 10.1. The molecule has 2 heterocycles. The number of carbonyl (C=O) groups excluding carboxylic acids is 2. The maximum atomic E-state index is 14.0. The maximum Gasteiger partial charge on any atom is 0.326 e. The van der Waals surface area contributed by atoms with Crippen molar-refractivity contribution in [2.45, 2.75) is 52.3 Å². The number of hydrogen-bond donors (Lipinski definition) is 3. The normalized spacial score (nSPS) is 14.0. The fraction of sp³-hybridized carbons (Fsp3) is 0.458. The van der Waals surface area contributed by atoms with E-state index in [1.807, 2.05) is 6.92 Å². The van der Waals surface area contributed by atoms with Gasteiger partial charge in [0.2, 0.25) is 0 Å². The highest BCUT2D eigenvalue weighted by Gasteiger charge is 2.39. The first-order valence-electron chi connectivity index (χ1n) is 12.0. The Hall–Kier alpha value is -3.54. The molecule has 206 valence electrons. The molecule has 1 aromatic carbocycles. The van der Waals surface area contributed by atoms with Gasteiger partial charge in [0.1, 0.15) is 29.5 Å². The summed E-state index contributed by atoms with van der Waals surface area (Å²) in [5.41, 5.74) is 5.73. The van der Waals surface area contributed by atoms with Gasteiger partial charge >= 0.3 is 5.97 Å². The van der Waals surface area contributed by atoms with E-state index in [4.69, 9.17) is 19.9 Å². The molecule has 3 rings (SSSR count). The van der Waals surface area contributed by atoms with E-state index in [1.54, 1.807) is 42.1 Å². The minimum atomic E-state index is -3.84. The molecule has 13 nitrogen and oxygen atoms in total. The fourth-order valence-electron chi connectivity index (χ4n) is 3.53. The number of nitrogens with one attached hydrogen (secondary N) is 2. The van der Waals surface area contributed by atoms with E-state index in [9.17, 15) is 14.2 Å². The molecule has 2 atom stereocenters. The van der Waals surface area contributed by atoms with Crippen LogP contribution in [0.2, 0.25) is 0 Å². The van der Waals surface area contributed by atoms with E-state index < -0.39 is 37.3 Å². The molecule has 0 saturated heterocycles. The molecule has 0 fully saturated rings. The van der Waals surface area contributed by atoms with Gasteiger partial charge in [0.15, 0.2) is 11.5 Å². The summed E-state index contributed by atoms with van der Waals surface area (Å²) in [6, 6.07) is 6.31. The van der Waals surface area contributed by atoms with Crippen molar-refractivity contribution in [2.24, 2.45) is 0 Å². The van der Waals surface area contributed by atoms with Crippen molar-refractivity contribution in [1.29, 1.82) is 0 Å². The van der Waals surface area contributed by atoms with Gasteiger partial charge in [-0.2, -0.15) is 0 Å². The maximum absolute atomic E-state index is 14.0. The molecule has 0 aliphatic carbocycles. The first-order valence-corrected chi connectivity index (χ1v) is 13.9. The van der Waals surface area contributed by atoms with Crippen molar-refractivity contribution in [3.8, 4) is 5.75 Å². The highest BCUT2D eigenvalue weighted by molar-refractivity contribution is 7.60. The number of carbonyl (C=O) groups is 2. The number of rotatable bonds is 13. The Labute approximate surface area is 220 Å². The van der Waals surface area contributed by atoms with Crippen LogP contribution in [0.4, 0.5) is 5.82 Å². The number of esters is 1. The SMILES string of the molecule is CCCOC(=O)C(C)(C)N[P@@](=O)(CO[C@H](C)Cn1cnc2c(N)ncnc21)NC(=O)c1ccc(OC)cc1. The van der Waals surface area contributed by atoms with E-state index in [1.165, 1.54) is 27.3 Å². The van der Waals surface area contributed by atoms with Crippen molar-refractivity contribution < 1.29 is 28.4 Å². The van der Waals surface area contributed by atoms with Crippen LogP contribution in [0.25, 0.3) is 11.2 Å². The van der Waals surface area contributed by atoms with Gasteiger partial charge < -0.3 is 24.5 Å². The molecule has 0 unspecified atom stereocenters. The average molecular weight is 548 g/mol. The van der Waals surface area contributed by atoms with Crippen LogP contribution >= 0.6 is 7.44 Å². The average Bonchev–Trinajstić information content (AvgIpc) is 3.29. The van der Waals surface area contributed by atoms with Gasteiger partial charge in [-0.1, -0.05) is 6.92 Å². The van der Waals surface area contributed by atoms with Crippen molar-refractivity contribution >= 4 is 36.3 Å². The zero-order valence-corrected chi connectivity index (χ0v) is 23.0. The van der Waals surface area contributed by atoms with E-state index >= 15 is 0 Å². The van der Waals surface area contributed by atoms with Crippen molar-refractivity contribution in [1.82, 2.24) is 29.7 Å². The minimum absolute atomic E-state index is 0.215. The molecule has 0 aliphatic rings. The number of benzene rings is 1. The Morgan fingerprint density at radius 1 is 1.18 bits per heavy atom. The van der Waals surface area contributed by atoms with Crippen molar-refractivity contribution in [2.75, 3.05) is 25.8 Å². The number of anilines is 1. The summed E-state index contributed by atoms with van der Waals surface area (Å²) in [4.78, 5) is 38.0. The Balaban J connectivity index is 1.77. The predicted octanol–water partition coefficient (Wildman–Crippen LogP) is 2.72. The van der Waals surface area contributed by atoms with Crippen molar-refractivity contribution in [3.05, 3.63) is 42.5 Å². The number of hydrogen-bond acceptors (Lipinski definition) is 10. The molecule has 0 spiro atoms. The molecule has 0 aliphatic heterocycles. The highest BCUT2D eigenvalue weighted by Crippen LogP contribution is 2.40. The molecule has 0 saturated carbocycles. The van der Waals surface area contributed by atoms with Crippen LogP contribution in [0.5, 0.6) is 5.75 Å². The van der Waals surface area contributed by atoms with Crippen LogP contribution in [0.1, 0.15) is 44.5 Å². The van der Waals surface area contributed by atoms with Gasteiger partial charge in [0, 0.05) is 5.56 Å². The topological polar surface area (TPSA) is 173 Å². The number of aromatic nitrogens is 4. The molecule has 0 radical (unpaired) electrons. The van der Waals surface area contributed by atoms with Gasteiger partial charge in [-0.25, -0.2) is 20.0 Å². The quantitative estimate of drug-likeness (QED) is 0.212. The lowest BCUT2D eigenvalue weighted by Crippen LogP contribution is -2.49. The van der Waals surface area contributed by atoms with Crippen LogP contribution in [0, 0.1) is 0 Å². The van der Waals surface area contributed by atoms with Crippen LogP contribution in [0.15, 0.2) is 36.9 Å². The second kappa shape index (κ2) is 12.3. The van der Waals surface area contributed by atoms with Crippen LogP contribution in [0.3, 0.4) is 0 Å². The Kier molecular flexibility index (Phi) is 9.42. The van der Waals surface area contributed by atoms with Gasteiger partial charge in [0.05, 0.1) is 32.7 Å². The standard InChI is InChI=1S/C24H34N7O6P/c1-6-11-36-23(33)24(3,4)30-38(34,29-22(32)17-7-9-18(35-5)10-8-17)15-37-16(2)12-31-14-28-19-20(25)26-13-27-21(19)31/h7-10,13-14,16H,6,11-12,15H2,1-5H3,(H2,25,26,27)(H2,29,30,32,34)/t16-,38-/m1/s1. The molecule has 4 N–H and O–H groups in total. The molecule has 14 heteroatoms. The first-order chi connectivity index (χ1) is 18.0. The van der Waals surface area contributed by atoms with Crippen LogP contribution in [-0.4, -0.2) is 63.1 Å². The predicted molar refractivity (Wildman–Crippen MR) is 142 cm³/mol. The molecule has 1 amide bonds. The molecule has 38 heavy (non-hydrogen) atoms. The Bertz CT molecular complexity index is 1310. The van der Waals surface area contributed by atoms with E-state index in [0.29, 0.717) is 29.9 Å². The summed E-state index contributed by atoms with van der Waals surface area (Å²) in [6.07, 6.45) is 2.66. The summed E-state index contributed by atoms with van der Waals surface area (Å²) in [5.74, 6) is -0.382. The number of amides is 1. The summed E-state index contributed by atoms with van der Waals surface area (Å²) in [6.45, 7) is 7.22. The summed E-state index contributed by atoms with van der Waals surface area (Å²) >= 11 is 0. The van der Waals surface area contributed by atoms with E-state index in [-0.39, 0.29) is 18.0 Å². The minimum Gasteiger partial charge on any atom is -0.497 e. The second-order valence-electron chi connectivity index (χ2n) is 9.22. The number of fused-ring (bicyclic) bond motifs is 1. The third-order valence-corrected chi connectivity index (χ3v) is 7.46. The van der Waals surface area contributed by atoms with Crippen LogP contribution in [-0.2, 0) is 25.4 Å². The molecule has 0 bridgehead atoms. The Morgan fingerprint density at radius 3 is 2.55 bits per heavy atom. The number of imidazole rings is 1. The van der Waals surface area contributed by atoms with E-state index in [2.05, 4.69) is 25.1 Å². The molecule has 3 aromatic rings. The van der Waals surface area contributed by atoms with Crippen molar-refractivity contribution in [3.63, 3.8) is 0 Å². The fourth-order valence-corrected chi connectivity index (χ4v) is 5.63. The Morgan fingerprint density at radius 2 is 1.89 bits per heavy atom. The largest absolute Gasteiger partial charge is 0.497 e. The first kappa shape index (κ1) is 29.0. The lowest BCUT2D eigenvalue weighted by molar-refractivity contribution is -0.149. The second-order valence-corrected chi connectivity index (χ2v) is 11.4. The highest BCUT2D eigenvalue weighted by atomic mass is 31.2. The third-order valence-electron chi connectivity index (χ3n) is 5.47. The molecule has 2 aromatic heterocycles. The number of nitrogens with two attached hydrogens (primary N) is 1. The summed E-state index contributed by atoms with van der Waals surface area (Å²) < 4.78 is 32.0. The zero-order valence-electron chi connectivity index (χ0n) is 22.1. The van der Waals surface area contributed by atoms with E-state index in [0.717, 1.165) is 0 Å². The number of methoxy groups -OCH3 is 1. The smallest absolute Gasteiger partial charge is 0.326 e. The lowest BCUT2D eigenvalue weighted by Gasteiger charge is -2.31. The van der Waals surface area contributed by atoms with Gasteiger partial charge in [-0.15, -0.1) is 0 Å². The number of nitrogens with zero attached hydrogens (tertiary/aromatic N) is 4. The van der Waals surface area contributed by atoms with Crippen LogP contribution < -0.4 is 20.6 Å². The molecular formula is C24H34N7O6P. The molecular weight excluding hydrogens is 513 g/mol. The number of ether oxygens (including phenoxy) is 3. The summed E-state index contributed by atoms with van der Waals surface area (Å²) in [7, 11) is -2.33. The van der Waals surface area contributed by atoms with Gasteiger partial charge in [-0.3, -0.25) is 19.2 Å². The van der Waals surface area contributed by atoms with Gasteiger partial charge in [0.25, 0.3) is 13.4 Å². The third kappa shape index (κ3) is 7.27. The number of nitrogen functional groups attached to an aromatic ring is 1.